The van der Waals surface area contributed by atoms with Gasteiger partial charge in [0.1, 0.15) is 0 Å². The summed E-state index contributed by atoms with van der Waals surface area (Å²) in [6, 6.07) is 9.83. The minimum absolute atomic E-state index is 0.000284. The summed E-state index contributed by atoms with van der Waals surface area (Å²) in [6.07, 6.45) is 4.57. The van der Waals surface area contributed by atoms with Crippen molar-refractivity contribution in [2.24, 2.45) is 33.5 Å². The van der Waals surface area contributed by atoms with Crippen LogP contribution in [0, 0.1) is 33.5 Å². The molecule has 4 bridgehead atoms. The standard InChI is InChI=1S/C27H40O4/c1-22(2)19-12-14-24(22,5)26(28,16-19)30-21(18-10-8-7-9-11-18)31-27(29)17-20-13-15-25(27,6)23(20,3)4/h7-11,19-21,28-29H,12-17H2,1-6H3. The highest BCUT2D eigenvalue weighted by atomic mass is 16.8. The number of hydrogen-bond donors (Lipinski definition) is 2. The fraction of sp³-hybridized carbons (Fsp3) is 0.778. The van der Waals surface area contributed by atoms with Crippen LogP contribution in [0.1, 0.15) is 91.9 Å². The van der Waals surface area contributed by atoms with Gasteiger partial charge in [-0.25, -0.2) is 0 Å². The Kier molecular flexibility index (Phi) is 4.48. The first-order chi connectivity index (χ1) is 14.3. The lowest BCUT2D eigenvalue weighted by molar-refractivity contribution is -0.398. The summed E-state index contributed by atoms with van der Waals surface area (Å²) in [5.41, 5.74) is 0.154. The van der Waals surface area contributed by atoms with E-state index in [9.17, 15) is 10.2 Å². The van der Waals surface area contributed by atoms with Crippen LogP contribution in [0.3, 0.4) is 0 Å². The number of aliphatic hydroxyl groups is 2. The first kappa shape index (κ1) is 21.9. The zero-order valence-corrected chi connectivity index (χ0v) is 20.1. The average Bonchev–Trinajstić information content (AvgIpc) is 3.18. The van der Waals surface area contributed by atoms with Crippen LogP contribution in [0.5, 0.6) is 0 Å². The normalized spacial score (nSPS) is 47.7. The van der Waals surface area contributed by atoms with Crippen molar-refractivity contribution in [2.75, 3.05) is 0 Å². The fourth-order valence-electron chi connectivity index (χ4n) is 7.90. The molecule has 2 N–H and O–H groups in total. The van der Waals surface area contributed by atoms with Gasteiger partial charge < -0.3 is 19.7 Å². The van der Waals surface area contributed by atoms with E-state index in [1.165, 1.54) is 0 Å². The molecule has 5 rings (SSSR count). The molecule has 31 heavy (non-hydrogen) atoms. The zero-order chi connectivity index (χ0) is 22.5. The Balaban J connectivity index is 1.49. The predicted molar refractivity (Wildman–Crippen MR) is 120 cm³/mol. The van der Waals surface area contributed by atoms with Gasteiger partial charge in [-0.05, 0) is 48.3 Å². The number of benzene rings is 1. The Hall–Kier alpha value is -0.940. The molecular formula is C27H40O4. The predicted octanol–water partition coefficient (Wildman–Crippen LogP) is 5.79. The molecule has 6 unspecified atom stereocenters. The quantitative estimate of drug-likeness (QED) is 0.583. The van der Waals surface area contributed by atoms with Crippen molar-refractivity contribution in [1.29, 1.82) is 0 Å². The molecule has 0 amide bonds. The first-order valence-corrected chi connectivity index (χ1v) is 12.2. The summed E-state index contributed by atoms with van der Waals surface area (Å²) in [5.74, 6) is -1.68. The largest absolute Gasteiger partial charge is 0.365 e. The highest BCUT2D eigenvalue weighted by molar-refractivity contribution is 5.20. The van der Waals surface area contributed by atoms with Gasteiger partial charge >= 0.3 is 0 Å². The fourth-order valence-corrected chi connectivity index (χ4v) is 7.90. The van der Waals surface area contributed by atoms with Crippen LogP contribution in [0.25, 0.3) is 0 Å². The maximum atomic E-state index is 11.9. The van der Waals surface area contributed by atoms with Gasteiger partial charge in [-0.2, -0.15) is 0 Å². The topological polar surface area (TPSA) is 58.9 Å². The van der Waals surface area contributed by atoms with Gasteiger partial charge in [0.05, 0.1) is 0 Å². The number of fused-ring (bicyclic) bond motifs is 4. The third-order valence-corrected chi connectivity index (χ3v) is 11.3. The van der Waals surface area contributed by atoms with Crippen LogP contribution in [0.2, 0.25) is 0 Å². The molecule has 0 aliphatic heterocycles. The third kappa shape index (κ3) is 2.57. The van der Waals surface area contributed by atoms with Gasteiger partial charge in [-0.15, -0.1) is 0 Å². The van der Waals surface area contributed by atoms with E-state index in [4.69, 9.17) is 9.47 Å². The van der Waals surface area contributed by atoms with Crippen LogP contribution in [-0.4, -0.2) is 21.8 Å². The second-order valence-corrected chi connectivity index (χ2v) is 12.5. The van der Waals surface area contributed by atoms with Gasteiger partial charge in [0.25, 0.3) is 0 Å². The van der Waals surface area contributed by atoms with Gasteiger partial charge in [-0.3, -0.25) is 0 Å². The van der Waals surface area contributed by atoms with E-state index in [1.807, 2.05) is 30.3 Å². The van der Waals surface area contributed by atoms with Crippen molar-refractivity contribution >= 4 is 0 Å². The van der Waals surface area contributed by atoms with Crippen molar-refractivity contribution in [2.45, 2.75) is 97.9 Å². The Morgan fingerprint density at radius 2 is 1.16 bits per heavy atom. The van der Waals surface area contributed by atoms with E-state index < -0.39 is 17.9 Å². The van der Waals surface area contributed by atoms with Gasteiger partial charge in [-0.1, -0.05) is 71.9 Å². The number of rotatable bonds is 5. The minimum Gasteiger partial charge on any atom is -0.365 e. The summed E-state index contributed by atoms with van der Waals surface area (Å²) in [6.45, 7) is 13.4. The van der Waals surface area contributed by atoms with Crippen LogP contribution in [0.4, 0.5) is 0 Å². The second-order valence-electron chi connectivity index (χ2n) is 12.5. The SMILES string of the molecule is CC1(C)C2CCC1(C)C(O)(OC(OC1(O)CC3CCC1(C)C3(C)C)c1ccccc1)C2. The monoisotopic (exact) mass is 428 g/mol. The molecule has 0 spiro atoms. The third-order valence-electron chi connectivity index (χ3n) is 11.3. The van der Waals surface area contributed by atoms with E-state index in [2.05, 4.69) is 41.5 Å². The molecular weight excluding hydrogens is 388 g/mol. The lowest BCUT2D eigenvalue weighted by Gasteiger charge is -2.49. The molecule has 0 heterocycles. The van der Waals surface area contributed by atoms with Crippen molar-refractivity contribution in [3.05, 3.63) is 35.9 Å². The van der Waals surface area contributed by atoms with E-state index >= 15 is 0 Å². The molecule has 1 aromatic rings. The van der Waals surface area contributed by atoms with Crippen LogP contribution in [0.15, 0.2) is 30.3 Å². The average molecular weight is 429 g/mol. The van der Waals surface area contributed by atoms with Gasteiger partial charge in [0.15, 0.2) is 17.9 Å². The Bertz CT molecular complexity index is 813. The maximum absolute atomic E-state index is 11.9. The van der Waals surface area contributed by atoms with Crippen LogP contribution >= 0.6 is 0 Å². The Morgan fingerprint density at radius 1 is 0.742 bits per heavy atom. The Labute approximate surface area is 187 Å². The molecule has 4 aliphatic rings. The number of ether oxygens (including phenoxy) is 2. The molecule has 172 valence electrons. The molecule has 4 nitrogen and oxygen atoms in total. The highest BCUT2D eigenvalue weighted by Crippen LogP contribution is 2.72. The molecule has 0 radical (unpaired) electrons. The van der Waals surface area contributed by atoms with Crippen molar-refractivity contribution in [3.8, 4) is 0 Å². The molecule has 4 fully saturated rings. The Morgan fingerprint density at radius 3 is 1.48 bits per heavy atom. The minimum atomic E-state index is -1.27. The van der Waals surface area contributed by atoms with E-state index in [-0.39, 0.29) is 21.7 Å². The van der Waals surface area contributed by atoms with Crippen LogP contribution < -0.4 is 0 Å². The van der Waals surface area contributed by atoms with E-state index in [1.54, 1.807) is 0 Å². The van der Waals surface area contributed by atoms with Crippen molar-refractivity contribution < 1.29 is 19.7 Å². The van der Waals surface area contributed by atoms with Crippen molar-refractivity contribution in [1.82, 2.24) is 0 Å². The molecule has 1 aromatic carbocycles. The second kappa shape index (κ2) is 6.34. The molecule has 0 saturated heterocycles. The maximum Gasteiger partial charge on any atom is 0.190 e. The summed E-state index contributed by atoms with van der Waals surface area (Å²) in [7, 11) is 0. The van der Waals surface area contributed by atoms with Crippen molar-refractivity contribution in [3.63, 3.8) is 0 Å². The van der Waals surface area contributed by atoms with Gasteiger partial charge in [0, 0.05) is 29.2 Å². The van der Waals surface area contributed by atoms with Gasteiger partial charge in [0.2, 0.25) is 0 Å². The molecule has 4 aliphatic carbocycles. The summed E-state index contributed by atoms with van der Waals surface area (Å²) in [4.78, 5) is 0. The zero-order valence-electron chi connectivity index (χ0n) is 20.1. The molecule has 0 aromatic heterocycles. The first-order valence-electron chi connectivity index (χ1n) is 12.2. The smallest absolute Gasteiger partial charge is 0.190 e. The molecule has 4 saturated carbocycles. The summed E-state index contributed by atoms with van der Waals surface area (Å²) in [5, 5.41) is 23.8. The summed E-state index contributed by atoms with van der Waals surface area (Å²) >= 11 is 0. The molecule has 4 heteroatoms. The molecule has 6 atom stereocenters. The van der Waals surface area contributed by atoms with Crippen LogP contribution in [-0.2, 0) is 9.47 Å². The lowest BCUT2D eigenvalue weighted by atomic mass is 9.68. The van der Waals surface area contributed by atoms with E-state index in [0.717, 1.165) is 31.2 Å². The lowest BCUT2D eigenvalue weighted by Crippen LogP contribution is -2.53. The number of hydrogen-bond acceptors (Lipinski definition) is 4. The summed E-state index contributed by atoms with van der Waals surface area (Å²) < 4.78 is 13.2. The van der Waals surface area contributed by atoms with E-state index in [0.29, 0.717) is 24.7 Å². The highest BCUT2D eigenvalue weighted by Gasteiger charge is 2.72.